The summed E-state index contributed by atoms with van der Waals surface area (Å²) in [4.78, 5) is 9.45. The van der Waals surface area contributed by atoms with Crippen molar-refractivity contribution in [1.29, 1.82) is 0 Å². The van der Waals surface area contributed by atoms with E-state index >= 15 is 0 Å². The molecule has 4 aromatic rings. The van der Waals surface area contributed by atoms with Gasteiger partial charge in [-0.3, -0.25) is 4.98 Å². The maximum Gasteiger partial charge on any atom is 0.187 e. The summed E-state index contributed by atoms with van der Waals surface area (Å²) in [5.41, 5.74) is 11.0. The molecule has 0 amide bonds. The van der Waals surface area contributed by atoms with Crippen LogP contribution in [0.4, 0.5) is 0 Å². The Balaban J connectivity index is 0.00000204. The Morgan fingerprint density at radius 3 is 2.25 bits per heavy atom. The minimum absolute atomic E-state index is 0. The molecule has 0 aliphatic rings. The average molecular weight is 455 g/mol. The lowest BCUT2D eigenvalue weighted by atomic mass is 10.1. The molecule has 0 saturated heterocycles. The predicted octanol–water partition coefficient (Wildman–Crippen LogP) is 5.15. The van der Waals surface area contributed by atoms with Crippen LogP contribution in [0.2, 0.25) is 0 Å². The second kappa shape index (κ2) is 8.64. The molecule has 4 rings (SSSR count). The third kappa shape index (κ3) is 4.19. The van der Waals surface area contributed by atoms with Crippen LogP contribution in [-0.2, 0) is 16.4 Å². The molecule has 8 heteroatoms. The molecule has 0 atom stereocenters. The highest BCUT2D eigenvalue weighted by Gasteiger charge is 2.19. The Morgan fingerprint density at radius 2 is 1.62 bits per heavy atom. The number of rotatable bonds is 6. The summed E-state index contributed by atoms with van der Waals surface area (Å²) in [5.74, 6) is 0.508. The maximum atomic E-state index is 12.4. The van der Waals surface area contributed by atoms with Gasteiger partial charge in [-0.25, -0.2) is 13.4 Å². The first-order valence-corrected chi connectivity index (χ1v) is 11.8. The van der Waals surface area contributed by atoms with E-state index in [1.54, 1.807) is 44.3 Å². The SMILES string of the molecule is Cc1ncc(-c2ccc(S(=O)(=O)C(C)C)cc2)nc1-c1cc(-c2ccc(CN)cc2)no1.[HH].[HH].[HH]. The van der Waals surface area contributed by atoms with Gasteiger partial charge in [0.2, 0.25) is 0 Å². The van der Waals surface area contributed by atoms with Crippen molar-refractivity contribution in [3.63, 3.8) is 0 Å². The van der Waals surface area contributed by atoms with Crippen molar-refractivity contribution in [2.75, 3.05) is 0 Å². The van der Waals surface area contributed by atoms with E-state index in [0.717, 1.165) is 16.7 Å². The molecule has 2 aromatic carbocycles. The zero-order chi connectivity index (χ0) is 22.9. The number of sulfone groups is 1. The maximum absolute atomic E-state index is 12.4. The molecule has 7 nitrogen and oxygen atoms in total. The van der Waals surface area contributed by atoms with Crippen molar-refractivity contribution < 1.29 is 17.2 Å². The van der Waals surface area contributed by atoms with Crippen LogP contribution in [0.25, 0.3) is 34.0 Å². The van der Waals surface area contributed by atoms with Crippen LogP contribution in [-0.4, -0.2) is 28.8 Å². The summed E-state index contributed by atoms with van der Waals surface area (Å²) in [6, 6.07) is 16.3. The smallest absolute Gasteiger partial charge is 0.187 e. The van der Waals surface area contributed by atoms with E-state index < -0.39 is 15.1 Å². The molecular weight excluding hydrogens is 424 g/mol. The number of hydrogen-bond acceptors (Lipinski definition) is 7. The van der Waals surface area contributed by atoms with Crippen LogP contribution in [0.1, 0.15) is 29.4 Å². The molecule has 0 spiro atoms. The minimum atomic E-state index is -3.33. The number of benzene rings is 2. The third-order valence-corrected chi connectivity index (χ3v) is 7.45. The van der Waals surface area contributed by atoms with Crippen LogP contribution in [0.15, 0.2) is 70.2 Å². The van der Waals surface area contributed by atoms with Crippen LogP contribution in [0.3, 0.4) is 0 Å². The Hall–Kier alpha value is -3.36. The predicted molar refractivity (Wildman–Crippen MR) is 130 cm³/mol. The Labute approximate surface area is 191 Å². The first-order valence-electron chi connectivity index (χ1n) is 10.2. The summed E-state index contributed by atoms with van der Waals surface area (Å²) in [6.07, 6.45) is 1.66. The minimum Gasteiger partial charge on any atom is -0.354 e. The van der Waals surface area contributed by atoms with Crippen molar-refractivity contribution in [2.24, 2.45) is 5.73 Å². The fraction of sp³-hybridized carbons (Fsp3) is 0.208. The number of hydrogen-bond donors (Lipinski definition) is 1. The van der Waals surface area contributed by atoms with Gasteiger partial charge < -0.3 is 10.3 Å². The van der Waals surface area contributed by atoms with E-state index in [0.29, 0.717) is 35.1 Å². The summed E-state index contributed by atoms with van der Waals surface area (Å²) in [7, 11) is -3.33. The highest BCUT2D eigenvalue weighted by Crippen LogP contribution is 2.29. The second-order valence-corrected chi connectivity index (χ2v) is 10.3. The normalized spacial score (nSPS) is 11.8. The van der Waals surface area contributed by atoms with Gasteiger partial charge in [-0.05, 0) is 38.5 Å². The summed E-state index contributed by atoms with van der Waals surface area (Å²) >= 11 is 0. The van der Waals surface area contributed by atoms with E-state index in [2.05, 4.69) is 10.1 Å². The molecule has 32 heavy (non-hydrogen) atoms. The molecule has 0 fully saturated rings. The fourth-order valence-corrected chi connectivity index (χ4v) is 4.30. The lowest BCUT2D eigenvalue weighted by Crippen LogP contribution is -2.13. The Kier molecular flexibility index (Phi) is 5.90. The van der Waals surface area contributed by atoms with Gasteiger partial charge in [-0.1, -0.05) is 41.6 Å². The first-order chi connectivity index (χ1) is 15.3. The molecule has 0 radical (unpaired) electrons. The summed E-state index contributed by atoms with van der Waals surface area (Å²) in [5, 5.41) is 3.70. The highest BCUT2D eigenvalue weighted by atomic mass is 32.2. The van der Waals surface area contributed by atoms with Gasteiger partial charge in [-0.2, -0.15) is 0 Å². The van der Waals surface area contributed by atoms with Crippen LogP contribution in [0, 0.1) is 6.92 Å². The average Bonchev–Trinajstić information content (AvgIpc) is 3.29. The van der Waals surface area contributed by atoms with Gasteiger partial charge in [0, 0.05) is 28.0 Å². The van der Waals surface area contributed by atoms with E-state index in [1.165, 1.54) is 0 Å². The molecule has 2 aromatic heterocycles. The summed E-state index contributed by atoms with van der Waals surface area (Å²) < 4.78 is 30.3. The van der Waals surface area contributed by atoms with Gasteiger partial charge >= 0.3 is 0 Å². The standard InChI is InChI=1S/C24H24N4O3S.3H2/c1-15(2)32(29,30)20-10-8-19(9-11-20)22-14-26-16(3)24(27-22)23-12-21(28-31-23)18-6-4-17(13-25)5-7-18;;;/h4-12,14-15H,13,25H2,1-3H3;3*1H. The van der Waals surface area contributed by atoms with Gasteiger partial charge in [0.15, 0.2) is 15.6 Å². The van der Waals surface area contributed by atoms with Crippen molar-refractivity contribution in [3.05, 3.63) is 72.1 Å². The summed E-state index contributed by atoms with van der Waals surface area (Å²) in [6.45, 7) is 5.66. The number of aromatic nitrogens is 3. The van der Waals surface area contributed by atoms with E-state index in [-0.39, 0.29) is 9.18 Å². The van der Waals surface area contributed by atoms with Gasteiger partial charge in [0.25, 0.3) is 0 Å². The van der Waals surface area contributed by atoms with Crippen LogP contribution < -0.4 is 5.73 Å². The number of nitrogens with two attached hydrogens (primary N) is 1. The number of aryl methyl sites for hydroxylation is 1. The highest BCUT2D eigenvalue weighted by molar-refractivity contribution is 7.92. The molecular formula is C24H30N4O3S. The monoisotopic (exact) mass is 454 g/mol. The quantitative estimate of drug-likeness (QED) is 0.428. The van der Waals surface area contributed by atoms with E-state index in [9.17, 15) is 8.42 Å². The zero-order valence-corrected chi connectivity index (χ0v) is 18.9. The molecule has 0 saturated carbocycles. The van der Waals surface area contributed by atoms with Crippen molar-refractivity contribution in [3.8, 4) is 34.0 Å². The fourth-order valence-electron chi connectivity index (χ4n) is 3.24. The first kappa shape index (κ1) is 21.9. The van der Waals surface area contributed by atoms with Crippen molar-refractivity contribution in [1.82, 2.24) is 15.1 Å². The molecule has 0 aliphatic heterocycles. The zero-order valence-electron chi connectivity index (χ0n) is 18.1. The molecule has 0 bridgehead atoms. The van der Waals surface area contributed by atoms with Gasteiger partial charge in [0.1, 0.15) is 11.4 Å². The van der Waals surface area contributed by atoms with Gasteiger partial charge in [0.05, 0.1) is 27.7 Å². The Morgan fingerprint density at radius 1 is 1.00 bits per heavy atom. The molecule has 0 aliphatic carbocycles. The molecule has 170 valence electrons. The number of nitrogens with zero attached hydrogens (tertiary/aromatic N) is 3. The Bertz CT molecular complexity index is 1360. The van der Waals surface area contributed by atoms with Crippen LogP contribution in [0.5, 0.6) is 0 Å². The largest absolute Gasteiger partial charge is 0.354 e. The van der Waals surface area contributed by atoms with E-state index in [4.69, 9.17) is 15.2 Å². The lowest BCUT2D eigenvalue weighted by molar-refractivity contribution is 0.433. The molecule has 0 unspecified atom stereocenters. The van der Waals surface area contributed by atoms with Crippen molar-refractivity contribution >= 4 is 9.84 Å². The third-order valence-electron chi connectivity index (χ3n) is 5.28. The lowest BCUT2D eigenvalue weighted by Gasteiger charge is -2.09. The van der Waals surface area contributed by atoms with Crippen LogP contribution >= 0.6 is 0 Å². The van der Waals surface area contributed by atoms with Crippen molar-refractivity contribution in [2.45, 2.75) is 37.5 Å². The second-order valence-electron chi connectivity index (χ2n) is 7.78. The molecule has 2 heterocycles. The van der Waals surface area contributed by atoms with Gasteiger partial charge in [-0.15, -0.1) is 0 Å². The molecule has 2 N–H and O–H groups in total. The van der Waals surface area contributed by atoms with E-state index in [1.807, 2.05) is 37.3 Å². The topological polar surface area (TPSA) is 112 Å².